The van der Waals surface area contributed by atoms with Gasteiger partial charge in [0.05, 0.1) is 5.69 Å². The number of hydrogen-bond acceptors (Lipinski definition) is 4. The van der Waals surface area contributed by atoms with Gasteiger partial charge in [0.25, 0.3) is 0 Å². The third kappa shape index (κ3) is 2.27. The number of nitrogens with zero attached hydrogens (tertiary/aromatic N) is 1. The lowest BCUT2D eigenvalue weighted by molar-refractivity contribution is -0.121. The number of benzene rings is 1. The minimum absolute atomic E-state index is 0.0886. The fraction of sp³-hybridized carbons (Fsp3) is 0.462. The topological polar surface area (TPSA) is 106 Å². The van der Waals surface area contributed by atoms with Gasteiger partial charge in [0.15, 0.2) is 0 Å². The number of amides is 1. The Morgan fingerprint density at radius 2 is 1.90 bits per heavy atom. The van der Waals surface area contributed by atoms with Gasteiger partial charge >= 0.3 is 0 Å². The largest absolute Gasteiger partial charge is 0.397 e. The molecule has 1 amide bonds. The van der Waals surface area contributed by atoms with Crippen LogP contribution in [-0.4, -0.2) is 31.2 Å². The van der Waals surface area contributed by atoms with Crippen molar-refractivity contribution in [3.05, 3.63) is 23.3 Å². The van der Waals surface area contributed by atoms with E-state index in [0.29, 0.717) is 30.5 Å². The van der Waals surface area contributed by atoms with E-state index in [2.05, 4.69) is 0 Å². The van der Waals surface area contributed by atoms with E-state index in [1.807, 2.05) is 0 Å². The van der Waals surface area contributed by atoms with Crippen molar-refractivity contribution < 1.29 is 13.2 Å². The molecule has 1 heterocycles. The van der Waals surface area contributed by atoms with Crippen LogP contribution in [0.2, 0.25) is 0 Å². The Bertz CT molecular complexity index is 655. The average molecular weight is 297 g/mol. The van der Waals surface area contributed by atoms with Crippen molar-refractivity contribution in [2.24, 2.45) is 5.73 Å². The molecule has 4 N–H and O–H groups in total. The summed E-state index contributed by atoms with van der Waals surface area (Å²) in [5.41, 5.74) is 12.7. The molecule has 7 heteroatoms. The zero-order valence-electron chi connectivity index (χ0n) is 11.6. The number of nitrogen functional groups attached to an aromatic ring is 1. The van der Waals surface area contributed by atoms with Gasteiger partial charge in [0.1, 0.15) is 10.9 Å². The maximum atomic E-state index is 12.8. The van der Waals surface area contributed by atoms with E-state index in [4.69, 9.17) is 11.5 Å². The molecule has 1 fully saturated rings. The lowest BCUT2D eigenvalue weighted by Gasteiger charge is -2.24. The lowest BCUT2D eigenvalue weighted by Crippen LogP contribution is -2.44. The van der Waals surface area contributed by atoms with Crippen molar-refractivity contribution >= 4 is 21.6 Å². The first-order valence-corrected chi connectivity index (χ1v) is 7.87. The monoisotopic (exact) mass is 297 g/mol. The minimum Gasteiger partial charge on any atom is -0.397 e. The molecular weight excluding hydrogens is 278 g/mol. The Balaban J connectivity index is 2.57. The number of nitrogens with two attached hydrogens (primary N) is 2. The van der Waals surface area contributed by atoms with Crippen LogP contribution in [-0.2, 0) is 14.8 Å². The molecule has 6 nitrogen and oxygen atoms in total. The van der Waals surface area contributed by atoms with Crippen molar-refractivity contribution in [2.45, 2.75) is 37.6 Å². The van der Waals surface area contributed by atoms with Crippen molar-refractivity contribution in [1.82, 2.24) is 4.31 Å². The molecule has 1 unspecified atom stereocenters. The van der Waals surface area contributed by atoms with E-state index in [9.17, 15) is 13.2 Å². The van der Waals surface area contributed by atoms with Gasteiger partial charge in [-0.15, -0.1) is 0 Å². The summed E-state index contributed by atoms with van der Waals surface area (Å²) in [6.45, 7) is 3.74. The molecular formula is C13H19N3O3S. The van der Waals surface area contributed by atoms with E-state index >= 15 is 0 Å². The van der Waals surface area contributed by atoms with Crippen LogP contribution in [0.15, 0.2) is 17.0 Å². The Labute approximate surface area is 118 Å². The average Bonchev–Trinajstić information content (AvgIpc) is 2.84. The van der Waals surface area contributed by atoms with Crippen molar-refractivity contribution in [2.75, 3.05) is 12.3 Å². The molecule has 1 aliphatic heterocycles. The molecule has 0 bridgehead atoms. The summed E-state index contributed by atoms with van der Waals surface area (Å²) in [7, 11) is -3.81. The molecule has 1 saturated heterocycles. The van der Waals surface area contributed by atoms with Crippen LogP contribution in [0.25, 0.3) is 0 Å². The van der Waals surface area contributed by atoms with Crippen LogP contribution in [0.5, 0.6) is 0 Å². The summed E-state index contributed by atoms with van der Waals surface area (Å²) in [6, 6.07) is 2.71. The first-order valence-electron chi connectivity index (χ1n) is 6.43. The number of hydrogen-bond donors (Lipinski definition) is 2. The molecule has 20 heavy (non-hydrogen) atoms. The molecule has 1 atom stereocenters. The number of anilines is 1. The van der Waals surface area contributed by atoms with Crippen LogP contribution in [0, 0.1) is 13.8 Å². The van der Waals surface area contributed by atoms with E-state index in [1.165, 1.54) is 4.31 Å². The predicted octanol–water partition coefficient (Wildman–Crippen LogP) is 0.524. The van der Waals surface area contributed by atoms with Gasteiger partial charge in [-0.2, -0.15) is 4.31 Å². The van der Waals surface area contributed by atoms with Gasteiger partial charge in [-0.1, -0.05) is 12.1 Å². The summed E-state index contributed by atoms with van der Waals surface area (Å²) >= 11 is 0. The molecule has 0 aliphatic carbocycles. The summed E-state index contributed by atoms with van der Waals surface area (Å²) < 4.78 is 26.7. The van der Waals surface area contributed by atoms with Crippen LogP contribution in [0.4, 0.5) is 5.69 Å². The van der Waals surface area contributed by atoms with Gasteiger partial charge in [-0.25, -0.2) is 8.42 Å². The number of primary amides is 1. The molecule has 1 aromatic rings. The first-order chi connectivity index (χ1) is 9.26. The fourth-order valence-corrected chi connectivity index (χ4v) is 4.64. The molecule has 1 aliphatic rings. The number of carbonyl (C=O) groups excluding carboxylic acids is 1. The van der Waals surface area contributed by atoms with Gasteiger partial charge in [0, 0.05) is 6.54 Å². The first kappa shape index (κ1) is 14.8. The van der Waals surface area contributed by atoms with Gasteiger partial charge in [-0.3, -0.25) is 4.79 Å². The summed E-state index contributed by atoms with van der Waals surface area (Å²) in [5, 5.41) is 0. The summed E-state index contributed by atoms with van der Waals surface area (Å²) in [6.07, 6.45) is 1.08. The highest BCUT2D eigenvalue weighted by Gasteiger charge is 2.39. The molecule has 110 valence electrons. The Morgan fingerprint density at radius 1 is 1.30 bits per heavy atom. The quantitative estimate of drug-likeness (QED) is 0.793. The summed E-state index contributed by atoms with van der Waals surface area (Å²) in [4.78, 5) is 11.5. The highest BCUT2D eigenvalue weighted by Crippen LogP contribution is 2.32. The smallest absolute Gasteiger partial charge is 0.246 e. The zero-order valence-corrected chi connectivity index (χ0v) is 12.4. The van der Waals surface area contributed by atoms with Crippen LogP contribution < -0.4 is 11.5 Å². The number of carbonyl (C=O) groups is 1. The second-order valence-corrected chi connectivity index (χ2v) is 6.95. The Kier molecular flexibility index (Phi) is 3.75. The van der Waals surface area contributed by atoms with Crippen molar-refractivity contribution in [3.63, 3.8) is 0 Å². The number of aryl methyl sites for hydroxylation is 2. The van der Waals surface area contributed by atoms with E-state index in [0.717, 1.165) is 0 Å². The van der Waals surface area contributed by atoms with E-state index in [-0.39, 0.29) is 10.6 Å². The minimum atomic E-state index is -3.81. The lowest BCUT2D eigenvalue weighted by atomic mass is 10.1. The molecule has 0 saturated carbocycles. The van der Waals surface area contributed by atoms with E-state index < -0.39 is 22.0 Å². The third-order valence-corrected chi connectivity index (χ3v) is 5.82. The third-order valence-electron chi connectivity index (χ3n) is 3.71. The maximum absolute atomic E-state index is 12.8. The Hall–Kier alpha value is -1.60. The highest BCUT2D eigenvalue weighted by molar-refractivity contribution is 7.89. The summed E-state index contributed by atoms with van der Waals surface area (Å²) in [5.74, 6) is -0.616. The van der Waals surface area contributed by atoms with Crippen molar-refractivity contribution in [1.29, 1.82) is 0 Å². The second-order valence-electron chi connectivity index (χ2n) is 5.12. The normalized spacial score (nSPS) is 20.2. The fourth-order valence-electron chi connectivity index (χ4n) is 2.58. The molecule has 0 aromatic heterocycles. The molecule has 1 aromatic carbocycles. The number of rotatable bonds is 3. The van der Waals surface area contributed by atoms with Gasteiger partial charge in [0.2, 0.25) is 15.9 Å². The SMILES string of the molecule is Cc1ccc(C)c(S(=O)(=O)N2CCCC2C(N)=O)c1N. The molecule has 0 spiro atoms. The molecule has 0 radical (unpaired) electrons. The van der Waals surface area contributed by atoms with Crippen LogP contribution in [0.3, 0.4) is 0 Å². The Morgan fingerprint density at radius 3 is 2.50 bits per heavy atom. The standard InChI is InChI=1S/C13H19N3O3S/c1-8-5-6-9(2)12(11(8)14)20(18,19)16-7-3-4-10(16)13(15)17/h5-6,10H,3-4,7,14H2,1-2H3,(H2,15,17). The van der Waals surface area contributed by atoms with Gasteiger partial charge < -0.3 is 11.5 Å². The second kappa shape index (κ2) is 5.06. The highest BCUT2D eigenvalue weighted by atomic mass is 32.2. The molecule has 2 rings (SSSR count). The van der Waals surface area contributed by atoms with Crippen LogP contribution in [0.1, 0.15) is 24.0 Å². The zero-order chi connectivity index (χ0) is 15.1. The van der Waals surface area contributed by atoms with E-state index in [1.54, 1.807) is 26.0 Å². The number of sulfonamides is 1. The van der Waals surface area contributed by atoms with Gasteiger partial charge in [-0.05, 0) is 37.8 Å². The van der Waals surface area contributed by atoms with Crippen molar-refractivity contribution in [3.8, 4) is 0 Å². The van der Waals surface area contributed by atoms with Crippen LogP contribution >= 0.6 is 0 Å². The predicted molar refractivity (Wildman–Crippen MR) is 76.4 cm³/mol. The maximum Gasteiger partial charge on any atom is 0.246 e.